The number of fused-ring (bicyclic) bond motifs is 1. The van der Waals surface area contributed by atoms with Crippen molar-refractivity contribution in [1.82, 2.24) is 9.97 Å². The van der Waals surface area contributed by atoms with Crippen molar-refractivity contribution >= 4 is 17.6 Å². The molecule has 0 fully saturated rings. The fourth-order valence-corrected chi connectivity index (χ4v) is 3.06. The first-order valence-electron chi connectivity index (χ1n) is 8.49. The Morgan fingerprint density at radius 1 is 1.11 bits per heavy atom. The van der Waals surface area contributed by atoms with Crippen molar-refractivity contribution in [2.75, 3.05) is 11.6 Å². The lowest BCUT2D eigenvalue weighted by Crippen LogP contribution is -2.30. The second-order valence-corrected chi connectivity index (χ2v) is 6.26. The molecule has 140 valence electrons. The van der Waals surface area contributed by atoms with Crippen LogP contribution in [0.15, 0.2) is 60.9 Å². The Bertz CT molecular complexity index is 1060. The number of benzene rings is 2. The van der Waals surface area contributed by atoms with Crippen LogP contribution in [0.3, 0.4) is 0 Å². The maximum atomic E-state index is 13.3. The van der Waals surface area contributed by atoms with E-state index in [1.807, 2.05) is 0 Å². The third kappa shape index (κ3) is 3.27. The number of rotatable bonds is 4. The maximum absolute atomic E-state index is 13.3. The number of hydrogen-bond donors (Lipinski definition) is 1. The summed E-state index contributed by atoms with van der Waals surface area (Å²) in [5.41, 5.74) is 7.39. The number of carbonyl (C=O) groups excluding carboxylic acids is 2. The van der Waals surface area contributed by atoms with Crippen molar-refractivity contribution in [3.05, 3.63) is 77.9 Å². The molecule has 1 aromatic heterocycles. The first-order valence-corrected chi connectivity index (χ1v) is 8.49. The van der Waals surface area contributed by atoms with E-state index in [-0.39, 0.29) is 17.9 Å². The lowest BCUT2D eigenvalue weighted by Gasteiger charge is -2.18. The van der Waals surface area contributed by atoms with Gasteiger partial charge in [0.2, 0.25) is 5.91 Å². The van der Waals surface area contributed by atoms with Crippen LogP contribution in [0, 0.1) is 5.82 Å². The Morgan fingerprint density at radius 3 is 2.57 bits per heavy atom. The standard InChI is InChI=1S/C20H15FN4O3/c21-14-5-3-4-12(8-14)19-23-9-13(10-24-19)20(27)28-25-11-16(18(22)26)15-6-1-2-7-17(15)25/h1-10,16H,11H2,(H2,22,26). The molecule has 1 aliphatic heterocycles. The number of nitrogens with zero attached hydrogens (tertiary/aromatic N) is 3. The summed E-state index contributed by atoms with van der Waals surface area (Å²) in [6.45, 7) is 0.142. The molecule has 2 heterocycles. The van der Waals surface area contributed by atoms with Gasteiger partial charge in [0.25, 0.3) is 0 Å². The van der Waals surface area contributed by atoms with Crippen molar-refractivity contribution in [2.24, 2.45) is 5.73 Å². The van der Waals surface area contributed by atoms with Crippen molar-refractivity contribution < 1.29 is 18.8 Å². The predicted octanol–water partition coefficient (Wildman–Crippen LogP) is 2.44. The molecule has 0 spiro atoms. The zero-order valence-electron chi connectivity index (χ0n) is 14.6. The van der Waals surface area contributed by atoms with E-state index in [1.165, 1.54) is 29.6 Å². The van der Waals surface area contributed by atoms with Crippen LogP contribution >= 0.6 is 0 Å². The van der Waals surface area contributed by atoms with Gasteiger partial charge in [0.05, 0.1) is 23.7 Å². The van der Waals surface area contributed by atoms with Crippen LogP contribution in [-0.2, 0) is 9.63 Å². The normalized spacial score (nSPS) is 15.2. The van der Waals surface area contributed by atoms with E-state index in [2.05, 4.69) is 9.97 Å². The number of carbonyl (C=O) groups is 2. The van der Waals surface area contributed by atoms with E-state index < -0.39 is 23.6 Å². The van der Waals surface area contributed by atoms with Gasteiger partial charge in [-0.15, -0.1) is 0 Å². The number of nitrogens with two attached hydrogens (primary N) is 1. The Morgan fingerprint density at radius 2 is 1.86 bits per heavy atom. The third-order valence-corrected chi connectivity index (χ3v) is 4.44. The van der Waals surface area contributed by atoms with Gasteiger partial charge in [-0.25, -0.2) is 24.2 Å². The van der Waals surface area contributed by atoms with Crippen LogP contribution in [0.5, 0.6) is 0 Å². The van der Waals surface area contributed by atoms with Crippen molar-refractivity contribution in [2.45, 2.75) is 5.92 Å². The van der Waals surface area contributed by atoms with E-state index in [0.29, 0.717) is 16.8 Å². The summed E-state index contributed by atoms with van der Waals surface area (Å²) in [4.78, 5) is 37.8. The van der Waals surface area contributed by atoms with Gasteiger partial charge in [-0.3, -0.25) is 4.79 Å². The largest absolute Gasteiger partial charge is 0.369 e. The van der Waals surface area contributed by atoms with Crippen LogP contribution in [-0.4, -0.2) is 28.4 Å². The molecule has 7 nitrogen and oxygen atoms in total. The average molecular weight is 378 g/mol. The highest BCUT2D eigenvalue weighted by molar-refractivity contribution is 5.91. The summed E-state index contributed by atoms with van der Waals surface area (Å²) in [5.74, 6) is -1.84. The second-order valence-electron chi connectivity index (χ2n) is 6.26. The van der Waals surface area contributed by atoms with Crippen molar-refractivity contribution in [3.8, 4) is 11.4 Å². The van der Waals surface area contributed by atoms with E-state index in [1.54, 1.807) is 36.4 Å². The minimum atomic E-state index is -0.675. The fourth-order valence-electron chi connectivity index (χ4n) is 3.06. The van der Waals surface area contributed by atoms with Crippen molar-refractivity contribution in [1.29, 1.82) is 0 Å². The van der Waals surface area contributed by atoms with E-state index in [0.717, 1.165) is 0 Å². The van der Waals surface area contributed by atoms with E-state index in [9.17, 15) is 14.0 Å². The van der Waals surface area contributed by atoms with Crippen LogP contribution in [0.25, 0.3) is 11.4 Å². The Hall–Kier alpha value is -3.81. The molecule has 2 aromatic carbocycles. The summed E-state index contributed by atoms with van der Waals surface area (Å²) < 4.78 is 13.3. The molecule has 2 N–H and O–H groups in total. The first kappa shape index (κ1) is 17.6. The summed E-state index contributed by atoms with van der Waals surface area (Å²) >= 11 is 0. The SMILES string of the molecule is NC(=O)C1CN(OC(=O)c2cnc(-c3cccc(F)c3)nc2)c2ccccc21. The van der Waals surface area contributed by atoms with E-state index >= 15 is 0 Å². The molecule has 8 heteroatoms. The fraction of sp³-hybridized carbons (Fsp3) is 0.100. The molecule has 1 amide bonds. The van der Waals surface area contributed by atoms with Gasteiger partial charge in [-0.05, 0) is 23.8 Å². The number of para-hydroxylation sites is 1. The second kappa shape index (κ2) is 7.07. The van der Waals surface area contributed by atoms with Crippen molar-refractivity contribution in [3.63, 3.8) is 0 Å². The maximum Gasteiger partial charge on any atom is 0.366 e. The van der Waals surface area contributed by atoms with E-state index in [4.69, 9.17) is 10.6 Å². The number of amides is 1. The third-order valence-electron chi connectivity index (χ3n) is 4.44. The molecular weight excluding hydrogens is 363 g/mol. The molecule has 0 saturated carbocycles. The molecule has 4 rings (SSSR count). The molecule has 3 aromatic rings. The highest BCUT2D eigenvalue weighted by Gasteiger charge is 2.34. The van der Waals surface area contributed by atoms with Gasteiger partial charge in [0.15, 0.2) is 5.82 Å². The van der Waals surface area contributed by atoms with Crippen LogP contribution in [0.2, 0.25) is 0 Å². The first-order chi connectivity index (χ1) is 13.5. The highest BCUT2D eigenvalue weighted by atomic mass is 19.1. The topological polar surface area (TPSA) is 98.4 Å². The molecule has 0 radical (unpaired) electrons. The molecule has 1 atom stereocenters. The van der Waals surface area contributed by atoms with Gasteiger partial charge in [0, 0.05) is 18.0 Å². The summed E-state index contributed by atoms with van der Waals surface area (Å²) in [7, 11) is 0. The number of hydroxylamine groups is 1. The monoisotopic (exact) mass is 378 g/mol. The molecule has 0 saturated heterocycles. The molecule has 28 heavy (non-hydrogen) atoms. The number of primary amides is 1. The molecular formula is C20H15FN4O3. The molecule has 1 aliphatic rings. The quantitative estimate of drug-likeness (QED) is 0.749. The summed E-state index contributed by atoms with van der Waals surface area (Å²) in [6, 6.07) is 12.9. The zero-order valence-corrected chi connectivity index (χ0v) is 14.6. The number of anilines is 1. The Kier molecular flexibility index (Phi) is 4.44. The minimum absolute atomic E-state index is 0.125. The molecule has 1 unspecified atom stereocenters. The predicted molar refractivity (Wildman–Crippen MR) is 98.6 cm³/mol. The van der Waals surface area contributed by atoms with Gasteiger partial charge < -0.3 is 10.6 Å². The number of aromatic nitrogens is 2. The summed E-state index contributed by atoms with van der Waals surface area (Å²) in [6.07, 6.45) is 2.62. The van der Waals surface area contributed by atoms with Gasteiger partial charge in [0.1, 0.15) is 5.82 Å². The summed E-state index contributed by atoms with van der Waals surface area (Å²) in [5, 5.41) is 1.34. The van der Waals surface area contributed by atoms with Gasteiger partial charge in [-0.2, -0.15) is 0 Å². The van der Waals surface area contributed by atoms with Gasteiger partial charge >= 0.3 is 5.97 Å². The molecule has 0 bridgehead atoms. The minimum Gasteiger partial charge on any atom is -0.369 e. The molecule has 0 aliphatic carbocycles. The number of halogens is 1. The lowest BCUT2D eigenvalue weighted by molar-refractivity contribution is -0.119. The van der Waals surface area contributed by atoms with Crippen LogP contribution in [0.4, 0.5) is 10.1 Å². The lowest BCUT2D eigenvalue weighted by atomic mass is 10.0. The zero-order chi connectivity index (χ0) is 19.7. The Labute approximate surface area is 159 Å². The van der Waals surface area contributed by atoms with Crippen LogP contribution in [0.1, 0.15) is 21.8 Å². The smallest absolute Gasteiger partial charge is 0.366 e. The highest BCUT2D eigenvalue weighted by Crippen LogP contribution is 2.36. The van der Waals surface area contributed by atoms with Crippen LogP contribution < -0.4 is 10.8 Å². The van der Waals surface area contributed by atoms with Gasteiger partial charge in [-0.1, -0.05) is 30.3 Å². The average Bonchev–Trinajstić information content (AvgIpc) is 3.07. The Balaban J connectivity index is 1.52. The number of hydrogen-bond acceptors (Lipinski definition) is 6.